The zero-order valence-corrected chi connectivity index (χ0v) is 8.44. The van der Waals surface area contributed by atoms with E-state index in [1.54, 1.807) is 0 Å². The molecule has 3 nitrogen and oxygen atoms in total. The number of rotatable bonds is 0. The summed E-state index contributed by atoms with van der Waals surface area (Å²) < 4.78 is 17.4. The van der Waals surface area contributed by atoms with Crippen LogP contribution in [0.4, 0.5) is 0 Å². The first kappa shape index (κ1) is 8.08. The highest BCUT2D eigenvalue weighted by atomic mass is 16.7. The largest absolute Gasteiger partial charge is 0.369 e. The molecule has 5 atom stereocenters. The van der Waals surface area contributed by atoms with Gasteiger partial charge in [-0.25, -0.2) is 0 Å². The third-order valence-corrected chi connectivity index (χ3v) is 4.70. The number of fused-ring (bicyclic) bond motifs is 4. The summed E-state index contributed by atoms with van der Waals surface area (Å²) in [4.78, 5) is 0. The van der Waals surface area contributed by atoms with Crippen molar-refractivity contribution >= 4 is 0 Å². The first-order chi connectivity index (χ1) is 6.83. The van der Waals surface area contributed by atoms with Crippen molar-refractivity contribution < 1.29 is 14.2 Å². The highest BCUT2D eigenvalue weighted by Gasteiger charge is 2.71. The zero-order valence-electron chi connectivity index (χ0n) is 8.44. The van der Waals surface area contributed by atoms with Gasteiger partial charge in [0.2, 0.25) is 0 Å². The van der Waals surface area contributed by atoms with E-state index in [1.807, 2.05) is 0 Å². The van der Waals surface area contributed by atoms with Gasteiger partial charge in [0.05, 0.1) is 25.4 Å². The second-order valence-corrected chi connectivity index (χ2v) is 5.11. The smallest absolute Gasteiger partial charge is 0.174 e. The molecule has 0 aromatic heterocycles. The predicted octanol–water partition coefficient (Wildman–Crippen LogP) is 1.17. The lowest BCUT2D eigenvalue weighted by atomic mass is 9.54. The monoisotopic (exact) mass is 196 g/mol. The fourth-order valence-electron chi connectivity index (χ4n) is 4.00. The molecule has 2 aliphatic heterocycles. The number of hydrogen-bond donors (Lipinski definition) is 0. The van der Waals surface area contributed by atoms with Crippen molar-refractivity contribution in [3.8, 4) is 0 Å². The number of epoxide rings is 1. The lowest BCUT2D eigenvalue weighted by Gasteiger charge is -2.57. The molecule has 0 aromatic carbocycles. The van der Waals surface area contributed by atoms with Gasteiger partial charge >= 0.3 is 0 Å². The van der Waals surface area contributed by atoms with E-state index < -0.39 is 0 Å². The molecule has 78 valence electrons. The lowest BCUT2D eigenvalue weighted by molar-refractivity contribution is -0.321. The van der Waals surface area contributed by atoms with E-state index in [4.69, 9.17) is 14.2 Å². The van der Waals surface area contributed by atoms with E-state index in [0.29, 0.717) is 30.0 Å². The van der Waals surface area contributed by atoms with Crippen LogP contribution >= 0.6 is 0 Å². The number of ether oxygens (including phenoxy) is 3. The zero-order chi connectivity index (χ0) is 9.34. The van der Waals surface area contributed by atoms with E-state index in [9.17, 15) is 0 Å². The Balaban J connectivity index is 1.65. The minimum absolute atomic E-state index is 0.207. The van der Waals surface area contributed by atoms with Crippen LogP contribution in [0.5, 0.6) is 0 Å². The first-order valence-corrected chi connectivity index (χ1v) is 5.76. The summed E-state index contributed by atoms with van der Waals surface area (Å²) in [6, 6.07) is 0. The molecule has 0 aromatic rings. The Bertz CT molecular complexity index is 272. The molecule has 0 N–H and O–H groups in total. The molecule has 2 heterocycles. The van der Waals surface area contributed by atoms with Crippen LogP contribution in [0.25, 0.3) is 0 Å². The van der Waals surface area contributed by atoms with Gasteiger partial charge in [-0.1, -0.05) is 6.92 Å². The van der Waals surface area contributed by atoms with Crippen molar-refractivity contribution in [1.29, 1.82) is 0 Å². The summed E-state index contributed by atoms with van der Waals surface area (Å²) in [6.45, 7) is 3.82. The molecule has 3 heteroatoms. The fraction of sp³-hybridized carbons (Fsp3) is 1.00. The van der Waals surface area contributed by atoms with E-state index >= 15 is 0 Å². The summed E-state index contributed by atoms with van der Waals surface area (Å²) in [5.74, 6) is 1.66. The summed E-state index contributed by atoms with van der Waals surface area (Å²) in [5.41, 5.74) is 0. The maximum Gasteiger partial charge on any atom is 0.174 e. The van der Waals surface area contributed by atoms with Crippen LogP contribution in [0, 0.1) is 17.8 Å². The highest BCUT2D eigenvalue weighted by Crippen LogP contribution is 2.63. The van der Waals surface area contributed by atoms with Gasteiger partial charge in [-0.2, -0.15) is 0 Å². The van der Waals surface area contributed by atoms with Crippen molar-refractivity contribution in [2.45, 2.75) is 37.8 Å². The van der Waals surface area contributed by atoms with Crippen molar-refractivity contribution in [3.05, 3.63) is 0 Å². The number of hydrogen-bond acceptors (Lipinski definition) is 3. The Morgan fingerprint density at radius 1 is 1.14 bits per heavy atom. The normalized spacial score (nSPS) is 57.6. The Kier molecular flexibility index (Phi) is 1.35. The van der Waals surface area contributed by atoms with Crippen LogP contribution in [0.2, 0.25) is 0 Å². The van der Waals surface area contributed by atoms with Crippen LogP contribution < -0.4 is 0 Å². The van der Waals surface area contributed by atoms with E-state index in [1.165, 1.54) is 12.8 Å². The van der Waals surface area contributed by atoms with Crippen molar-refractivity contribution in [2.75, 3.05) is 13.2 Å². The summed E-state index contributed by atoms with van der Waals surface area (Å²) in [6.07, 6.45) is 3.57. The molecule has 0 amide bonds. The van der Waals surface area contributed by atoms with Crippen LogP contribution in [0.15, 0.2) is 0 Å². The Morgan fingerprint density at radius 3 is 2.71 bits per heavy atom. The topological polar surface area (TPSA) is 31.0 Å². The maximum absolute atomic E-state index is 5.85. The van der Waals surface area contributed by atoms with Crippen molar-refractivity contribution in [3.63, 3.8) is 0 Å². The SMILES string of the molecule is C[C@@H]1[C@H]2[C@@H]3O[C@@H]3CC[C@H]2C12OCCO2. The molecule has 0 radical (unpaired) electrons. The Morgan fingerprint density at radius 2 is 1.93 bits per heavy atom. The molecule has 2 saturated carbocycles. The van der Waals surface area contributed by atoms with Crippen molar-refractivity contribution in [2.24, 2.45) is 17.8 Å². The predicted molar refractivity (Wildman–Crippen MR) is 48.7 cm³/mol. The van der Waals surface area contributed by atoms with Gasteiger partial charge in [-0.15, -0.1) is 0 Å². The molecular formula is C11H16O3. The molecule has 4 fully saturated rings. The highest BCUT2D eigenvalue weighted by molar-refractivity contribution is 5.14. The lowest BCUT2D eigenvalue weighted by Crippen LogP contribution is -2.65. The third-order valence-electron chi connectivity index (χ3n) is 4.70. The molecule has 4 rings (SSSR count). The quantitative estimate of drug-likeness (QED) is 0.545. The molecular weight excluding hydrogens is 180 g/mol. The second kappa shape index (κ2) is 2.34. The van der Waals surface area contributed by atoms with Crippen LogP contribution in [-0.2, 0) is 14.2 Å². The maximum atomic E-state index is 5.85. The third kappa shape index (κ3) is 0.730. The van der Waals surface area contributed by atoms with E-state index in [0.717, 1.165) is 13.2 Å². The average molecular weight is 196 g/mol. The van der Waals surface area contributed by atoms with Gasteiger partial charge in [0, 0.05) is 17.8 Å². The van der Waals surface area contributed by atoms with Gasteiger partial charge in [0.1, 0.15) is 0 Å². The Hall–Kier alpha value is -0.120. The second-order valence-electron chi connectivity index (χ2n) is 5.11. The molecule has 2 aliphatic carbocycles. The van der Waals surface area contributed by atoms with Gasteiger partial charge < -0.3 is 14.2 Å². The van der Waals surface area contributed by atoms with Crippen LogP contribution in [-0.4, -0.2) is 31.2 Å². The fourth-order valence-corrected chi connectivity index (χ4v) is 4.00. The standard InChI is InChI=1S/C11H16O3/c1-6-9-7(2-3-8-10(9)14-8)11(6)12-4-5-13-11/h6-10H,2-5H2,1H3/t6-,7-,8-,9-,10-/m1/s1. The van der Waals surface area contributed by atoms with Crippen molar-refractivity contribution in [1.82, 2.24) is 0 Å². The molecule has 2 saturated heterocycles. The molecule has 14 heavy (non-hydrogen) atoms. The van der Waals surface area contributed by atoms with E-state index in [-0.39, 0.29) is 5.79 Å². The summed E-state index contributed by atoms with van der Waals surface area (Å²) >= 11 is 0. The summed E-state index contributed by atoms with van der Waals surface area (Å²) in [5, 5.41) is 0. The summed E-state index contributed by atoms with van der Waals surface area (Å²) in [7, 11) is 0. The van der Waals surface area contributed by atoms with Gasteiger partial charge in [-0.3, -0.25) is 0 Å². The van der Waals surface area contributed by atoms with Gasteiger partial charge in [0.15, 0.2) is 5.79 Å². The van der Waals surface area contributed by atoms with E-state index in [2.05, 4.69) is 6.92 Å². The molecule has 0 bridgehead atoms. The first-order valence-electron chi connectivity index (χ1n) is 5.76. The molecule has 0 unspecified atom stereocenters. The minimum Gasteiger partial charge on any atom is -0.369 e. The average Bonchev–Trinajstić information content (AvgIpc) is 2.78. The van der Waals surface area contributed by atoms with Crippen LogP contribution in [0.3, 0.4) is 0 Å². The minimum atomic E-state index is -0.207. The van der Waals surface area contributed by atoms with Gasteiger partial charge in [0.25, 0.3) is 0 Å². The van der Waals surface area contributed by atoms with Crippen LogP contribution in [0.1, 0.15) is 19.8 Å². The molecule has 1 spiro atoms. The molecule has 4 aliphatic rings. The van der Waals surface area contributed by atoms with Gasteiger partial charge in [-0.05, 0) is 12.8 Å². The Labute approximate surface area is 83.7 Å².